The van der Waals surface area contributed by atoms with Crippen molar-refractivity contribution in [3.63, 3.8) is 0 Å². The van der Waals surface area contributed by atoms with Gasteiger partial charge in [-0.15, -0.1) is 11.3 Å². The van der Waals surface area contributed by atoms with Gasteiger partial charge in [0.2, 0.25) is 0 Å². The first kappa shape index (κ1) is 22.4. The molecular formula is C24H31FN2O3S. The number of piperidine rings is 1. The van der Waals surface area contributed by atoms with Gasteiger partial charge in [0.1, 0.15) is 11.4 Å². The van der Waals surface area contributed by atoms with Crippen LogP contribution in [0.1, 0.15) is 50.4 Å². The minimum Gasteiger partial charge on any atom is -0.460 e. The maximum absolute atomic E-state index is 13.7. The Labute approximate surface area is 187 Å². The van der Waals surface area contributed by atoms with Gasteiger partial charge >= 0.3 is 5.97 Å². The van der Waals surface area contributed by atoms with Crippen LogP contribution in [-0.2, 0) is 32.7 Å². The van der Waals surface area contributed by atoms with Crippen LogP contribution in [0.4, 0.5) is 4.39 Å². The smallest absolute Gasteiger partial charge is 0.311 e. The number of thiazole rings is 1. The number of fused-ring (bicyclic) bond motifs is 2. The molecule has 3 heterocycles. The molecule has 0 aliphatic carbocycles. The monoisotopic (exact) mass is 446 g/mol. The zero-order chi connectivity index (χ0) is 22.1. The lowest BCUT2D eigenvalue weighted by molar-refractivity contribution is -0.161. The zero-order valence-electron chi connectivity index (χ0n) is 18.5. The number of ether oxygens (including phenoxy) is 2. The van der Waals surface area contributed by atoms with Crippen molar-refractivity contribution in [2.75, 3.05) is 26.2 Å². The highest BCUT2D eigenvalue weighted by molar-refractivity contribution is 7.07. The summed E-state index contributed by atoms with van der Waals surface area (Å²) in [4.78, 5) is 19.6. The summed E-state index contributed by atoms with van der Waals surface area (Å²) >= 11 is 1.54. The molecule has 1 saturated heterocycles. The van der Waals surface area contributed by atoms with Crippen LogP contribution >= 0.6 is 11.3 Å². The van der Waals surface area contributed by atoms with E-state index in [1.165, 1.54) is 6.07 Å². The fourth-order valence-electron chi connectivity index (χ4n) is 4.67. The average Bonchev–Trinajstić information content (AvgIpc) is 3.21. The molecule has 0 N–H and O–H groups in total. The number of likely N-dealkylation sites (tertiary alicyclic amines) is 1. The molecule has 2 aliphatic rings. The topological polar surface area (TPSA) is 51.7 Å². The van der Waals surface area contributed by atoms with E-state index in [0.717, 1.165) is 49.2 Å². The van der Waals surface area contributed by atoms with Crippen molar-refractivity contribution in [3.8, 4) is 0 Å². The number of nitrogens with zero attached hydrogens (tertiary/aromatic N) is 2. The summed E-state index contributed by atoms with van der Waals surface area (Å²) in [5.74, 6) is -0.616. The number of halogens is 1. The Bertz CT molecular complexity index is 902. The molecule has 1 unspecified atom stereocenters. The van der Waals surface area contributed by atoms with Crippen molar-refractivity contribution in [1.82, 2.24) is 9.88 Å². The third kappa shape index (κ3) is 5.33. The van der Waals surface area contributed by atoms with E-state index in [1.807, 2.05) is 32.2 Å². The summed E-state index contributed by atoms with van der Waals surface area (Å²) in [5.41, 5.74) is 4.07. The van der Waals surface area contributed by atoms with E-state index in [4.69, 9.17) is 9.47 Å². The molecule has 31 heavy (non-hydrogen) atoms. The Morgan fingerprint density at radius 1 is 1.35 bits per heavy atom. The van der Waals surface area contributed by atoms with E-state index < -0.39 is 5.60 Å². The van der Waals surface area contributed by atoms with Gasteiger partial charge in [0.25, 0.3) is 0 Å². The summed E-state index contributed by atoms with van der Waals surface area (Å²) < 4.78 is 25.7. The molecule has 5 nitrogen and oxygen atoms in total. The molecule has 168 valence electrons. The second-order valence-corrected chi connectivity index (χ2v) is 10.3. The summed E-state index contributed by atoms with van der Waals surface area (Å²) in [6.45, 7) is 8.61. The Balaban J connectivity index is 1.44. The molecule has 0 bridgehead atoms. The number of esters is 1. The van der Waals surface area contributed by atoms with Crippen LogP contribution in [-0.4, -0.2) is 47.7 Å². The van der Waals surface area contributed by atoms with Crippen LogP contribution in [0.2, 0.25) is 0 Å². The molecule has 1 aromatic heterocycles. The molecule has 1 fully saturated rings. The fraction of sp³-hybridized carbons (Fsp3) is 0.583. The predicted molar refractivity (Wildman–Crippen MR) is 119 cm³/mol. The Kier molecular flexibility index (Phi) is 6.47. The minimum absolute atomic E-state index is 0.171. The van der Waals surface area contributed by atoms with Crippen LogP contribution in [0.5, 0.6) is 0 Å². The van der Waals surface area contributed by atoms with E-state index in [9.17, 15) is 9.18 Å². The van der Waals surface area contributed by atoms with Gasteiger partial charge in [0.05, 0.1) is 29.3 Å². The van der Waals surface area contributed by atoms with E-state index >= 15 is 0 Å². The van der Waals surface area contributed by atoms with Gasteiger partial charge in [-0.25, -0.2) is 9.37 Å². The quantitative estimate of drug-likeness (QED) is 0.640. The van der Waals surface area contributed by atoms with Gasteiger partial charge in [0, 0.05) is 31.4 Å². The molecule has 1 aromatic carbocycles. The first-order valence-corrected chi connectivity index (χ1v) is 11.9. The normalized spacial score (nSPS) is 19.7. The lowest BCUT2D eigenvalue weighted by atomic mass is 9.79. The van der Waals surface area contributed by atoms with Crippen LogP contribution in [0.3, 0.4) is 0 Å². The van der Waals surface area contributed by atoms with Crippen LogP contribution < -0.4 is 0 Å². The Morgan fingerprint density at radius 2 is 2.13 bits per heavy atom. The number of aromatic nitrogens is 1. The summed E-state index contributed by atoms with van der Waals surface area (Å²) in [6.07, 6.45) is 3.01. The molecule has 2 aromatic rings. The molecule has 0 radical (unpaired) electrons. The lowest BCUT2D eigenvalue weighted by Crippen LogP contribution is -2.48. The Morgan fingerprint density at radius 3 is 2.81 bits per heavy atom. The number of hydrogen-bond acceptors (Lipinski definition) is 6. The Hall–Kier alpha value is -1.83. The van der Waals surface area contributed by atoms with Crippen molar-refractivity contribution in [3.05, 3.63) is 51.7 Å². The average molecular weight is 447 g/mol. The first-order valence-electron chi connectivity index (χ1n) is 11.0. The molecule has 7 heteroatoms. The van der Waals surface area contributed by atoms with Crippen molar-refractivity contribution in [2.24, 2.45) is 5.92 Å². The van der Waals surface area contributed by atoms with E-state index in [0.29, 0.717) is 19.6 Å². The highest BCUT2D eigenvalue weighted by Gasteiger charge is 2.41. The molecule has 1 spiro atoms. The van der Waals surface area contributed by atoms with Crippen LogP contribution in [0, 0.1) is 11.7 Å². The highest BCUT2D eigenvalue weighted by Crippen LogP contribution is 2.41. The van der Waals surface area contributed by atoms with Gasteiger partial charge in [-0.2, -0.15) is 0 Å². The SMILES string of the molecule is CC(C)(C)OC(=O)C(Cc1cscn1)CN1CCC2(CC1)OCCc1cc(F)ccc12. The predicted octanol–water partition coefficient (Wildman–Crippen LogP) is 4.35. The van der Waals surface area contributed by atoms with Gasteiger partial charge in [-0.3, -0.25) is 4.79 Å². The standard InChI is InChI=1S/C24H31FN2O3S/c1-23(2,3)30-22(28)18(13-20-15-31-16-26-20)14-27-9-7-24(8-10-27)21-5-4-19(25)12-17(21)6-11-29-24/h4-5,12,15-16,18H,6-11,13-14H2,1-3H3. The van der Waals surface area contributed by atoms with Gasteiger partial charge in [-0.1, -0.05) is 6.07 Å². The van der Waals surface area contributed by atoms with E-state index in [1.54, 1.807) is 22.9 Å². The van der Waals surface area contributed by atoms with Crippen molar-refractivity contribution < 1.29 is 18.7 Å². The lowest BCUT2D eigenvalue weighted by Gasteiger charge is -2.45. The molecule has 2 aliphatic heterocycles. The highest BCUT2D eigenvalue weighted by atomic mass is 32.1. The number of benzene rings is 1. The van der Waals surface area contributed by atoms with Crippen molar-refractivity contribution >= 4 is 17.3 Å². The van der Waals surface area contributed by atoms with E-state index in [2.05, 4.69) is 9.88 Å². The number of carbonyl (C=O) groups is 1. The summed E-state index contributed by atoms with van der Waals surface area (Å²) in [6, 6.07) is 5.08. The zero-order valence-corrected chi connectivity index (χ0v) is 19.3. The second kappa shape index (κ2) is 8.96. The van der Waals surface area contributed by atoms with Gasteiger partial charge in [0.15, 0.2) is 0 Å². The maximum atomic E-state index is 13.7. The van der Waals surface area contributed by atoms with E-state index in [-0.39, 0.29) is 23.3 Å². The largest absolute Gasteiger partial charge is 0.460 e. The second-order valence-electron chi connectivity index (χ2n) is 9.61. The molecular weight excluding hydrogens is 415 g/mol. The summed E-state index contributed by atoms with van der Waals surface area (Å²) in [5, 5.41) is 1.99. The number of hydrogen-bond donors (Lipinski definition) is 0. The third-order valence-electron chi connectivity index (χ3n) is 6.13. The van der Waals surface area contributed by atoms with Gasteiger partial charge < -0.3 is 14.4 Å². The number of rotatable bonds is 5. The third-order valence-corrected chi connectivity index (χ3v) is 6.76. The summed E-state index contributed by atoms with van der Waals surface area (Å²) in [7, 11) is 0. The minimum atomic E-state index is -0.516. The molecule has 1 atom stereocenters. The van der Waals surface area contributed by atoms with Crippen LogP contribution in [0.15, 0.2) is 29.1 Å². The maximum Gasteiger partial charge on any atom is 0.311 e. The molecule has 0 saturated carbocycles. The first-order chi connectivity index (χ1) is 14.7. The molecule has 4 rings (SSSR count). The van der Waals surface area contributed by atoms with Gasteiger partial charge in [-0.05, 0) is 63.3 Å². The fourth-order valence-corrected chi connectivity index (χ4v) is 5.24. The van der Waals surface area contributed by atoms with Crippen molar-refractivity contribution in [1.29, 1.82) is 0 Å². The number of carbonyl (C=O) groups excluding carboxylic acids is 1. The van der Waals surface area contributed by atoms with Crippen LogP contribution in [0.25, 0.3) is 0 Å². The molecule has 0 amide bonds. The van der Waals surface area contributed by atoms with Crippen molar-refractivity contribution in [2.45, 2.75) is 57.7 Å².